The molecule has 1 aromatic carbocycles. The van der Waals surface area contributed by atoms with Crippen molar-refractivity contribution in [3.8, 4) is 5.75 Å². The molecule has 0 aliphatic heterocycles. The van der Waals surface area contributed by atoms with Gasteiger partial charge in [0.2, 0.25) is 0 Å². The van der Waals surface area contributed by atoms with E-state index >= 15 is 0 Å². The lowest BCUT2D eigenvalue weighted by Crippen LogP contribution is -2.44. The Hall–Kier alpha value is -1.40. The molecule has 0 radical (unpaired) electrons. The van der Waals surface area contributed by atoms with Crippen molar-refractivity contribution >= 4 is 0 Å². The van der Waals surface area contributed by atoms with E-state index in [2.05, 4.69) is 0 Å². The Balaban J connectivity index is 3.26. The summed E-state index contributed by atoms with van der Waals surface area (Å²) in [6.07, 6.45) is -4.53. The fourth-order valence-corrected chi connectivity index (χ4v) is 1.06. The molecule has 1 rings (SSSR count). The van der Waals surface area contributed by atoms with Crippen LogP contribution in [-0.4, -0.2) is 17.5 Å². The van der Waals surface area contributed by atoms with E-state index in [0.29, 0.717) is 12.1 Å². The maximum Gasteiger partial charge on any atom is 0.373 e. The van der Waals surface area contributed by atoms with Crippen LogP contribution >= 0.6 is 0 Å². The largest absolute Gasteiger partial charge is 0.507 e. The number of phenolic OH excluding ortho intramolecular Hbond substituents is 1. The molecule has 0 saturated carbocycles. The molecule has 16 heavy (non-hydrogen) atoms. The second kappa shape index (κ2) is 3.88. The van der Waals surface area contributed by atoms with Gasteiger partial charge in [-0.15, -0.1) is 0 Å². The van der Waals surface area contributed by atoms with Gasteiger partial charge in [-0.1, -0.05) is 12.1 Å². The van der Waals surface area contributed by atoms with Gasteiger partial charge in [0.25, 0.3) is 0 Å². The molecule has 1 N–H and O–H groups in total. The standard InChI is InChI=1S/C9H6F6O/c10-7(11)9(14,15)8(12,13)5-3-1-2-4-6(5)16/h1-4,7,16H. The van der Waals surface area contributed by atoms with Gasteiger partial charge in [-0.3, -0.25) is 0 Å². The molecule has 0 bridgehead atoms. The van der Waals surface area contributed by atoms with Crippen LogP contribution in [0.1, 0.15) is 5.56 Å². The number of rotatable bonds is 3. The molecule has 7 heteroatoms. The fourth-order valence-electron chi connectivity index (χ4n) is 1.06. The van der Waals surface area contributed by atoms with Crippen molar-refractivity contribution in [3.05, 3.63) is 29.8 Å². The first kappa shape index (κ1) is 12.7. The molecule has 0 heterocycles. The smallest absolute Gasteiger partial charge is 0.373 e. The number of halogens is 6. The third kappa shape index (κ3) is 1.81. The molecule has 0 amide bonds. The van der Waals surface area contributed by atoms with Crippen molar-refractivity contribution in [2.24, 2.45) is 0 Å². The number of benzene rings is 1. The zero-order valence-electron chi connectivity index (χ0n) is 7.60. The minimum absolute atomic E-state index is 0.464. The molecular weight excluding hydrogens is 238 g/mol. The summed E-state index contributed by atoms with van der Waals surface area (Å²) in [5, 5.41) is 8.93. The highest BCUT2D eigenvalue weighted by Gasteiger charge is 2.64. The molecular formula is C9H6F6O. The number of alkyl halides is 6. The van der Waals surface area contributed by atoms with Crippen LogP contribution in [0.3, 0.4) is 0 Å². The number of hydrogen-bond acceptors (Lipinski definition) is 1. The fraction of sp³-hybridized carbons (Fsp3) is 0.333. The monoisotopic (exact) mass is 244 g/mol. The van der Waals surface area contributed by atoms with Crippen molar-refractivity contribution in [2.45, 2.75) is 18.3 Å². The summed E-state index contributed by atoms with van der Waals surface area (Å²) in [4.78, 5) is 0. The van der Waals surface area contributed by atoms with E-state index in [4.69, 9.17) is 5.11 Å². The van der Waals surface area contributed by atoms with Crippen LogP contribution in [0.2, 0.25) is 0 Å². The van der Waals surface area contributed by atoms with Gasteiger partial charge in [-0.2, -0.15) is 17.6 Å². The van der Waals surface area contributed by atoms with Crippen LogP contribution in [0.15, 0.2) is 24.3 Å². The Morgan fingerprint density at radius 2 is 1.50 bits per heavy atom. The molecule has 0 atom stereocenters. The average molecular weight is 244 g/mol. The minimum atomic E-state index is -5.54. The number of phenols is 1. The summed E-state index contributed by atoms with van der Waals surface area (Å²) < 4.78 is 74.9. The summed E-state index contributed by atoms with van der Waals surface area (Å²) in [5.74, 6) is -11.8. The molecule has 0 spiro atoms. The zero-order valence-corrected chi connectivity index (χ0v) is 7.60. The van der Waals surface area contributed by atoms with Gasteiger partial charge in [-0.05, 0) is 12.1 Å². The van der Waals surface area contributed by atoms with Crippen LogP contribution in [0.25, 0.3) is 0 Å². The predicted molar refractivity (Wildman–Crippen MR) is 43.0 cm³/mol. The van der Waals surface area contributed by atoms with E-state index in [9.17, 15) is 26.3 Å². The lowest BCUT2D eigenvalue weighted by atomic mass is 10.0. The first-order valence-electron chi connectivity index (χ1n) is 4.03. The summed E-state index contributed by atoms with van der Waals surface area (Å²) in [5.41, 5.74) is -1.53. The van der Waals surface area contributed by atoms with Crippen molar-refractivity contribution in [1.29, 1.82) is 0 Å². The highest BCUT2D eigenvalue weighted by molar-refractivity contribution is 5.36. The lowest BCUT2D eigenvalue weighted by molar-refractivity contribution is -0.270. The van der Waals surface area contributed by atoms with Gasteiger partial charge >= 0.3 is 18.3 Å². The Morgan fingerprint density at radius 1 is 1.00 bits per heavy atom. The van der Waals surface area contributed by atoms with Crippen LogP contribution in [0.5, 0.6) is 5.75 Å². The van der Waals surface area contributed by atoms with Crippen LogP contribution in [0, 0.1) is 0 Å². The first-order valence-corrected chi connectivity index (χ1v) is 4.03. The van der Waals surface area contributed by atoms with E-state index in [1.807, 2.05) is 0 Å². The zero-order chi connectivity index (χ0) is 12.6. The second-order valence-electron chi connectivity index (χ2n) is 3.02. The van der Waals surface area contributed by atoms with E-state index in [1.54, 1.807) is 0 Å². The van der Waals surface area contributed by atoms with Gasteiger partial charge in [0.15, 0.2) is 0 Å². The van der Waals surface area contributed by atoms with Crippen molar-refractivity contribution < 1.29 is 31.4 Å². The molecule has 0 aliphatic carbocycles. The third-order valence-corrected chi connectivity index (χ3v) is 1.94. The topological polar surface area (TPSA) is 20.2 Å². The lowest BCUT2D eigenvalue weighted by Gasteiger charge is -2.26. The Morgan fingerprint density at radius 3 is 1.94 bits per heavy atom. The summed E-state index contributed by atoms with van der Waals surface area (Å²) >= 11 is 0. The van der Waals surface area contributed by atoms with Crippen molar-refractivity contribution in [1.82, 2.24) is 0 Å². The third-order valence-electron chi connectivity index (χ3n) is 1.94. The number of aromatic hydroxyl groups is 1. The molecule has 1 aromatic rings. The normalized spacial score (nSPS) is 13.2. The predicted octanol–water partition coefficient (Wildman–Crippen LogP) is 3.38. The van der Waals surface area contributed by atoms with E-state index in [0.717, 1.165) is 12.1 Å². The summed E-state index contributed by atoms with van der Waals surface area (Å²) in [6, 6.07) is 3.22. The molecule has 0 aliphatic rings. The Kier molecular flexibility index (Phi) is 3.07. The molecule has 0 unspecified atom stereocenters. The molecule has 0 saturated heterocycles. The van der Waals surface area contributed by atoms with Gasteiger partial charge in [0.05, 0.1) is 5.56 Å². The van der Waals surface area contributed by atoms with E-state index in [-0.39, 0.29) is 0 Å². The highest BCUT2D eigenvalue weighted by Crippen LogP contribution is 2.48. The summed E-state index contributed by atoms with van der Waals surface area (Å²) in [7, 11) is 0. The Labute approximate surface area is 86.3 Å². The van der Waals surface area contributed by atoms with Gasteiger partial charge in [-0.25, -0.2) is 8.78 Å². The molecule has 0 fully saturated rings. The van der Waals surface area contributed by atoms with Gasteiger partial charge in [0, 0.05) is 0 Å². The first-order chi connectivity index (χ1) is 7.21. The second-order valence-corrected chi connectivity index (χ2v) is 3.02. The number of para-hydroxylation sites is 1. The van der Waals surface area contributed by atoms with Crippen LogP contribution in [-0.2, 0) is 5.92 Å². The quantitative estimate of drug-likeness (QED) is 0.808. The Bertz CT molecular complexity index is 376. The average Bonchev–Trinajstić information content (AvgIpc) is 2.17. The molecule has 0 aromatic heterocycles. The highest BCUT2D eigenvalue weighted by atomic mass is 19.3. The van der Waals surface area contributed by atoms with Crippen LogP contribution < -0.4 is 0 Å². The van der Waals surface area contributed by atoms with Crippen molar-refractivity contribution in [3.63, 3.8) is 0 Å². The van der Waals surface area contributed by atoms with Gasteiger partial charge in [0.1, 0.15) is 5.75 Å². The maximum atomic E-state index is 13.1. The van der Waals surface area contributed by atoms with Gasteiger partial charge < -0.3 is 5.11 Å². The maximum absolute atomic E-state index is 13.1. The molecule has 1 nitrogen and oxygen atoms in total. The minimum Gasteiger partial charge on any atom is -0.507 e. The SMILES string of the molecule is Oc1ccccc1C(F)(F)C(F)(F)C(F)F. The van der Waals surface area contributed by atoms with Crippen LogP contribution in [0.4, 0.5) is 26.3 Å². The summed E-state index contributed by atoms with van der Waals surface area (Å²) in [6.45, 7) is 0. The van der Waals surface area contributed by atoms with Crippen molar-refractivity contribution in [2.75, 3.05) is 0 Å². The molecule has 90 valence electrons. The van der Waals surface area contributed by atoms with E-state index in [1.165, 1.54) is 0 Å². The van der Waals surface area contributed by atoms with E-state index < -0.39 is 29.6 Å². The number of hydrogen-bond donors (Lipinski definition) is 1.